The van der Waals surface area contributed by atoms with Crippen molar-refractivity contribution in [1.82, 2.24) is 15.1 Å². The summed E-state index contributed by atoms with van der Waals surface area (Å²) in [6.07, 6.45) is 3.83. The van der Waals surface area contributed by atoms with E-state index in [0.29, 0.717) is 0 Å². The first-order chi connectivity index (χ1) is 9.60. The van der Waals surface area contributed by atoms with Gasteiger partial charge in [-0.05, 0) is 37.1 Å². The fourth-order valence-electron chi connectivity index (χ4n) is 2.05. The number of halogens is 1. The van der Waals surface area contributed by atoms with Crippen LogP contribution >= 0.6 is 0 Å². The fourth-order valence-corrected chi connectivity index (χ4v) is 2.05. The van der Waals surface area contributed by atoms with Crippen molar-refractivity contribution in [3.05, 3.63) is 47.5 Å². The van der Waals surface area contributed by atoms with Crippen LogP contribution in [0.25, 0.3) is 0 Å². The molecule has 0 aliphatic heterocycles. The molecule has 0 aliphatic rings. The molecule has 1 aromatic heterocycles. The van der Waals surface area contributed by atoms with Gasteiger partial charge in [0.05, 0.1) is 19.9 Å². The summed E-state index contributed by atoms with van der Waals surface area (Å²) >= 11 is 0. The highest BCUT2D eigenvalue weighted by molar-refractivity contribution is 5.30. The molecule has 0 spiro atoms. The van der Waals surface area contributed by atoms with Crippen LogP contribution in [0.4, 0.5) is 4.39 Å². The molecule has 0 aliphatic carbocycles. The lowest BCUT2D eigenvalue weighted by atomic mass is 10.1. The minimum Gasteiger partial charge on any atom is -0.494 e. The summed E-state index contributed by atoms with van der Waals surface area (Å²) in [4.78, 5) is 0. The van der Waals surface area contributed by atoms with Crippen LogP contribution < -0.4 is 10.1 Å². The SMILES string of the molecule is COc1ccc(C(C)NCCn2cc(C)cn2)cc1F. The molecule has 0 amide bonds. The van der Waals surface area contributed by atoms with Crippen LogP contribution in [0.2, 0.25) is 0 Å². The predicted molar refractivity (Wildman–Crippen MR) is 76.3 cm³/mol. The maximum atomic E-state index is 13.6. The Bertz CT molecular complexity index is 568. The van der Waals surface area contributed by atoms with Crippen molar-refractivity contribution in [3.8, 4) is 5.75 Å². The van der Waals surface area contributed by atoms with Crippen molar-refractivity contribution in [2.45, 2.75) is 26.4 Å². The summed E-state index contributed by atoms with van der Waals surface area (Å²) in [5.74, 6) is -0.0608. The molecule has 1 atom stereocenters. The second-order valence-corrected chi connectivity index (χ2v) is 4.85. The zero-order valence-corrected chi connectivity index (χ0v) is 12.1. The summed E-state index contributed by atoms with van der Waals surface area (Å²) < 4.78 is 20.4. The third-order valence-electron chi connectivity index (χ3n) is 3.23. The summed E-state index contributed by atoms with van der Waals surface area (Å²) in [6, 6.07) is 5.11. The lowest BCUT2D eigenvalue weighted by molar-refractivity contribution is 0.385. The summed E-state index contributed by atoms with van der Waals surface area (Å²) in [5, 5.41) is 7.58. The second kappa shape index (κ2) is 6.52. The molecule has 0 fully saturated rings. The van der Waals surface area contributed by atoms with Gasteiger partial charge in [0.1, 0.15) is 0 Å². The second-order valence-electron chi connectivity index (χ2n) is 4.85. The molecule has 5 heteroatoms. The first-order valence-electron chi connectivity index (χ1n) is 6.66. The van der Waals surface area contributed by atoms with Gasteiger partial charge in [-0.3, -0.25) is 4.68 Å². The third kappa shape index (κ3) is 3.57. The van der Waals surface area contributed by atoms with Crippen LogP contribution in [0.1, 0.15) is 24.1 Å². The van der Waals surface area contributed by atoms with Crippen LogP contribution in [0, 0.1) is 12.7 Å². The highest BCUT2D eigenvalue weighted by Gasteiger charge is 2.09. The molecule has 0 saturated heterocycles. The molecule has 20 heavy (non-hydrogen) atoms. The molecule has 1 aromatic carbocycles. The van der Waals surface area contributed by atoms with Crippen LogP contribution in [0.5, 0.6) is 5.75 Å². The number of rotatable bonds is 6. The third-order valence-corrected chi connectivity index (χ3v) is 3.23. The number of aryl methyl sites for hydroxylation is 1. The number of nitrogens with one attached hydrogen (secondary N) is 1. The van der Waals surface area contributed by atoms with Crippen molar-refractivity contribution < 1.29 is 9.13 Å². The highest BCUT2D eigenvalue weighted by Crippen LogP contribution is 2.21. The molecule has 0 radical (unpaired) electrons. The summed E-state index contributed by atoms with van der Waals surface area (Å²) in [6.45, 7) is 5.59. The molecule has 1 unspecified atom stereocenters. The molecule has 1 heterocycles. The molecule has 108 valence electrons. The molecule has 0 saturated carbocycles. The Labute approximate surface area is 118 Å². The zero-order chi connectivity index (χ0) is 14.5. The van der Waals surface area contributed by atoms with Crippen LogP contribution in [0.15, 0.2) is 30.6 Å². The number of benzene rings is 1. The normalized spacial score (nSPS) is 12.4. The Balaban J connectivity index is 1.88. The van der Waals surface area contributed by atoms with E-state index in [1.54, 1.807) is 6.07 Å². The molecule has 2 aromatic rings. The Kier molecular flexibility index (Phi) is 4.74. The maximum absolute atomic E-state index is 13.6. The smallest absolute Gasteiger partial charge is 0.165 e. The van der Waals surface area contributed by atoms with E-state index in [-0.39, 0.29) is 17.6 Å². The first-order valence-corrected chi connectivity index (χ1v) is 6.66. The zero-order valence-electron chi connectivity index (χ0n) is 12.1. The first kappa shape index (κ1) is 14.5. The molecular weight excluding hydrogens is 257 g/mol. The van der Waals surface area contributed by atoms with Gasteiger partial charge in [0, 0.05) is 18.8 Å². The number of nitrogens with zero attached hydrogens (tertiary/aromatic N) is 2. The van der Waals surface area contributed by atoms with E-state index in [1.165, 1.54) is 13.2 Å². The average Bonchev–Trinajstić information content (AvgIpc) is 2.84. The average molecular weight is 277 g/mol. The van der Waals surface area contributed by atoms with E-state index in [2.05, 4.69) is 10.4 Å². The number of methoxy groups -OCH3 is 1. The van der Waals surface area contributed by atoms with E-state index in [9.17, 15) is 4.39 Å². The number of hydrogen-bond acceptors (Lipinski definition) is 3. The Hall–Kier alpha value is -1.88. The van der Waals surface area contributed by atoms with Crippen molar-refractivity contribution >= 4 is 0 Å². The largest absolute Gasteiger partial charge is 0.494 e. The highest BCUT2D eigenvalue weighted by atomic mass is 19.1. The van der Waals surface area contributed by atoms with Crippen LogP contribution in [0.3, 0.4) is 0 Å². The van der Waals surface area contributed by atoms with Gasteiger partial charge < -0.3 is 10.1 Å². The topological polar surface area (TPSA) is 39.1 Å². The van der Waals surface area contributed by atoms with Crippen molar-refractivity contribution in [2.75, 3.05) is 13.7 Å². The Morgan fingerprint density at radius 3 is 2.85 bits per heavy atom. The molecular formula is C15H20FN3O. The Morgan fingerprint density at radius 2 is 2.25 bits per heavy atom. The lowest BCUT2D eigenvalue weighted by Crippen LogP contribution is -2.23. The maximum Gasteiger partial charge on any atom is 0.165 e. The summed E-state index contributed by atoms with van der Waals surface area (Å²) in [7, 11) is 1.46. The van der Waals surface area contributed by atoms with Gasteiger partial charge in [-0.1, -0.05) is 6.07 Å². The van der Waals surface area contributed by atoms with E-state index in [4.69, 9.17) is 4.74 Å². The fraction of sp³-hybridized carbons (Fsp3) is 0.400. The van der Waals surface area contributed by atoms with E-state index in [0.717, 1.165) is 24.2 Å². The quantitative estimate of drug-likeness (QED) is 0.882. The number of aromatic nitrogens is 2. The van der Waals surface area contributed by atoms with Crippen molar-refractivity contribution in [2.24, 2.45) is 0 Å². The lowest BCUT2D eigenvalue weighted by Gasteiger charge is -2.15. The monoisotopic (exact) mass is 277 g/mol. The van der Waals surface area contributed by atoms with Gasteiger partial charge in [-0.2, -0.15) is 5.10 Å². The van der Waals surface area contributed by atoms with E-state index < -0.39 is 0 Å². The molecule has 1 N–H and O–H groups in total. The minimum absolute atomic E-state index is 0.0760. The van der Waals surface area contributed by atoms with Crippen LogP contribution in [-0.4, -0.2) is 23.4 Å². The standard InChI is InChI=1S/C15H20FN3O/c1-11-9-18-19(10-11)7-6-17-12(2)13-4-5-15(20-3)14(16)8-13/h4-5,8-10,12,17H,6-7H2,1-3H3. The number of hydrogen-bond donors (Lipinski definition) is 1. The van der Waals surface area contributed by atoms with Crippen LogP contribution in [-0.2, 0) is 6.54 Å². The molecule has 2 rings (SSSR count). The summed E-state index contributed by atoms with van der Waals surface area (Å²) in [5.41, 5.74) is 2.05. The van der Waals surface area contributed by atoms with Gasteiger partial charge in [0.25, 0.3) is 0 Å². The van der Waals surface area contributed by atoms with E-state index >= 15 is 0 Å². The molecule has 0 bridgehead atoms. The van der Waals surface area contributed by atoms with Gasteiger partial charge in [0.2, 0.25) is 0 Å². The van der Waals surface area contributed by atoms with Gasteiger partial charge in [-0.25, -0.2) is 4.39 Å². The van der Waals surface area contributed by atoms with Gasteiger partial charge in [-0.15, -0.1) is 0 Å². The molecule has 4 nitrogen and oxygen atoms in total. The van der Waals surface area contributed by atoms with Gasteiger partial charge >= 0.3 is 0 Å². The Morgan fingerprint density at radius 1 is 1.45 bits per heavy atom. The minimum atomic E-state index is -0.332. The number of ether oxygens (including phenoxy) is 1. The van der Waals surface area contributed by atoms with Gasteiger partial charge in [0.15, 0.2) is 11.6 Å². The van der Waals surface area contributed by atoms with Crippen molar-refractivity contribution in [3.63, 3.8) is 0 Å². The predicted octanol–water partition coefficient (Wildman–Crippen LogP) is 2.69. The van der Waals surface area contributed by atoms with E-state index in [1.807, 2.05) is 37.0 Å². The van der Waals surface area contributed by atoms with Crippen molar-refractivity contribution in [1.29, 1.82) is 0 Å².